The second-order valence-corrected chi connectivity index (χ2v) is 8.67. The number of carbonyl (C=O) groups excluding carboxylic acids is 1. The highest BCUT2D eigenvalue weighted by Crippen LogP contribution is 2.41. The molecular weight excluding hydrogens is 378 g/mol. The van der Waals surface area contributed by atoms with E-state index < -0.39 is 0 Å². The van der Waals surface area contributed by atoms with Crippen molar-refractivity contribution in [2.45, 2.75) is 44.2 Å². The molecule has 0 radical (unpaired) electrons. The fourth-order valence-corrected chi connectivity index (χ4v) is 5.03. The third kappa shape index (κ3) is 2.67. The van der Waals surface area contributed by atoms with Crippen LogP contribution in [0.1, 0.15) is 32.6 Å². The average molecular weight is 401 g/mol. The van der Waals surface area contributed by atoms with E-state index in [4.69, 9.17) is 0 Å². The molecule has 1 aliphatic heterocycles. The predicted octanol–water partition coefficient (Wildman–Crippen LogP) is 3.23. The average Bonchev–Trinajstić information content (AvgIpc) is 3.44. The number of nitrogens with one attached hydrogen (secondary N) is 2. The number of carbonyl (C=O) groups is 1. The van der Waals surface area contributed by atoms with Crippen molar-refractivity contribution < 1.29 is 4.79 Å². The number of anilines is 1. The molecule has 0 aromatic carbocycles. The van der Waals surface area contributed by atoms with E-state index in [-0.39, 0.29) is 5.54 Å². The Bertz CT molecular complexity index is 1270. The van der Waals surface area contributed by atoms with Crippen LogP contribution in [0.15, 0.2) is 43.0 Å². The van der Waals surface area contributed by atoms with E-state index in [1.54, 1.807) is 6.20 Å². The first-order valence-corrected chi connectivity index (χ1v) is 10.4. The summed E-state index contributed by atoms with van der Waals surface area (Å²) < 4.78 is 1.85. The maximum atomic E-state index is 12.1. The molecule has 8 heteroatoms. The number of nitrogens with zero attached hydrogens (tertiary/aromatic N) is 5. The molecule has 0 atom stereocenters. The zero-order valence-electron chi connectivity index (χ0n) is 16.8. The van der Waals surface area contributed by atoms with Gasteiger partial charge in [-0.1, -0.05) is 0 Å². The van der Waals surface area contributed by atoms with Crippen molar-refractivity contribution in [1.29, 1.82) is 0 Å². The van der Waals surface area contributed by atoms with Crippen molar-refractivity contribution in [1.82, 2.24) is 29.5 Å². The number of hydrogen-bond acceptors (Lipinski definition) is 5. The molecule has 152 valence electrons. The zero-order valence-corrected chi connectivity index (χ0v) is 16.8. The van der Waals surface area contributed by atoms with Gasteiger partial charge in [0.05, 0.1) is 5.52 Å². The summed E-state index contributed by atoms with van der Waals surface area (Å²) in [6, 6.07) is 6.43. The number of fused-ring (bicyclic) bond motifs is 2. The summed E-state index contributed by atoms with van der Waals surface area (Å²) in [4.78, 5) is 26.7. The van der Waals surface area contributed by atoms with E-state index in [0.29, 0.717) is 24.3 Å². The lowest BCUT2D eigenvalue weighted by atomic mass is 9.73. The molecule has 1 saturated heterocycles. The van der Waals surface area contributed by atoms with Gasteiger partial charge in [-0.15, -0.1) is 0 Å². The number of hydrogen-bond donors (Lipinski definition) is 2. The number of pyridine rings is 1. The first-order valence-electron chi connectivity index (χ1n) is 10.4. The molecule has 0 unspecified atom stereocenters. The summed E-state index contributed by atoms with van der Waals surface area (Å²) in [5.41, 5.74) is 4.01. The predicted molar refractivity (Wildman–Crippen MR) is 114 cm³/mol. The molecule has 30 heavy (non-hydrogen) atoms. The molecule has 2 aliphatic rings. The monoisotopic (exact) mass is 401 g/mol. The lowest BCUT2D eigenvalue weighted by Gasteiger charge is -2.51. The molecule has 1 saturated carbocycles. The van der Waals surface area contributed by atoms with E-state index in [2.05, 4.69) is 43.3 Å². The molecule has 0 bridgehead atoms. The molecule has 2 N–H and O–H groups in total. The normalized spacial score (nSPS) is 24.0. The van der Waals surface area contributed by atoms with Crippen molar-refractivity contribution in [3.63, 3.8) is 0 Å². The van der Waals surface area contributed by atoms with Gasteiger partial charge < -0.3 is 15.2 Å². The lowest BCUT2D eigenvalue weighted by molar-refractivity contribution is -0.136. The Labute approximate surface area is 173 Å². The number of likely N-dealkylation sites (tertiary alicyclic amines) is 1. The Morgan fingerprint density at radius 3 is 3.03 bits per heavy atom. The van der Waals surface area contributed by atoms with E-state index in [1.165, 1.54) is 0 Å². The highest BCUT2D eigenvalue weighted by Gasteiger charge is 2.48. The minimum Gasteiger partial charge on any atom is -0.351 e. The number of H-pyrrole nitrogens is 1. The molecule has 4 aromatic heterocycles. The molecular formula is C22H23N7O. The first kappa shape index (κ1) is 17.4. The third-order valence-electron chi connectivity index (χ3n) is 6.57. The van der Waals surface area contributed by atoms with E-state index in [9.17, 15) is 4.79 Å². The Balaban J connectivity index is 1.20. The fourth-order valence-electron chi connectivity index (χ4n) is 5.03. The number of aromatic amines is 1. The second kappa shape index (κ2) is 6.29. The highest BCUT2D eigenvalue weighted by atomic mass is 16.2. The zero-order chi connectivity index (χ0) is 20.3. The van der Waals surface area contributed by atoms with Gasteiger partial charge in [0.25, 0.3) is 0 Å². The topological polar surface area (TPSA) is 91.2 Å². The third-order valence-corrected chi connectivity index (χ3v) is 6.57. The molecule has 6 rings (SSSR count). The fraction of sp³-hybridized carbons (Fsp3) is 0.364. The van der Waals surface area contributed by atoms with Crippen LogP contribution in [0.2, 0.25) is 0 Å². The van der Waals surface area contributed by atoms with Crippen LogP contribution >= 0.6 is 0 Å². The van der Waals surface area contributed by atoms with Gasteiger partial charge in [-0.3, -0.25) is 4.79 Å². The smallest absolute Gasteiger partial charge is 0.224 e. The van der Waals surface area contributed by atoms with Crippen LogP contribution in [0.5, 0.6) is 0 Å². The van der Waals surface area contributed by atoms with E-state index in [0.717, 1.165) is 53.5 Å². The Morgan fingerprint density at radius 2 is 2.20 bits per heavy atom. The van der Waals surface area contributed by atoms with Gasteiger partial charge in [0.2, 0.25) is 11.9 Å². The summed E-state index contributed by atoms with van der Waals surface area (Å²) in [7, 11) is 0. The lowest BCUT2D eigenvalue weighted by Crippen LogP contribution is -2.59. The van der Waals surface area contributed by atoms with Gasteiger partial charge in [0, 0.05) is 60.3 Å². The minimum absolute atomic E-state index is 0.0265. The molecule has 8 nitrogen and oxygen atoms in total. The van der Waals surface area contributed by atoms with Crippen LogP contribution in [0.3, 0.4) is 0 Å². The summed E-state index contributed by atoms with van der Waals surface area (Å²) in [6.45, 7) is 3.08. The minimum atomic E-state index is -0.0265. The highest BCUT2D eigenvalue weighted by molar-refractivity contribution is 5.94. The van der Waals surface area contributed by atoms with Crippen LogP contribution in [-0.2, 0) is 4.79 Å². The van der Waals surface area contributed by atoms with Gasteiger partial charge in [-0.2, -0.15) is 10.1 Å². The molecule has 0 spiro atoms. The maximum absolute atomic E-state index is 12.1. The maximum Gasteiger partial charge on any atom is 0.224 e. The Kier molecular flexibility index (Phi) is 3.65. The number of aromatic nitrogens is 5. The van der Waals surface area contributed by atoms with E-state index >= 15 is 0 Å². The summed E-state index contributed by atoms with van der Waals surface area (Å²) in [5, 5.41) is 8.68. The van der Waals surface area contributed by atoms with Crippen LogP contribution < -0.4 is 5.32 Å². The molecule has 1 amide bonds. The number of amides is 1. The standard InChI is InChI=1S/C22H23N7O/c1-22(28-7-2-3-19(28)30)10-15(11-22)26-21-24-13-18-17(12-23-20(18)27-21)14-5-8-29-16(9-14)4-6-25-29/h4-6,8-9,12-13,15H,2-3,7,10-11H2,1H3,(H2,23,24,26,27)/t15-,22-. The first-order chi connectivity index (χ1) is 14.6. The summed E-state index contributed by atoms with van der Waals surface area (Å²) in [5.74, 6) is 0.920. The number of rotatable bonds is 4. The van der Waals surface area contributed by atoms with Crippen LogP contribution in [-0.4, -0.2) is 53.5 Å². The Hall–Kier alpha value is -3.42. The summed E-state index contributed by atoms with van der Waals surface area (Å²) in [6.07, 6.45) is 11.1. The van der Waals surface area contributed by atoms with Gasteiger partial charge in [-0.25, -0.2) is 9.50 Å². The van der Waals surface area contributed by atoms with Gasteiger partial charge in [0.1, 0.15) is 5.65 Å². The van der Waals surface area contributed by atoms with Crippen LogP contribution in [0.4, 0.5) is 5.95 Å². The van der Waals surface area contributed by atoms with Crippen molar-refractivity contribution in [2.24, 2.45) is 0 Å². The van der Waals surface area contributed by atoms with Crippen molar-refractivity contribution in [3.8, 4) is 11.1 Å². The van der Waals surface area contributed by atoms with Crippen molar-refractivity contribution >= 4 is 28.4 Å². The van der Waals surface area contributed by atoms with Crippen molar-refractivity contribution in [3.05, 3.63) is 43.0 Å². The molecule has 2 fully saturated rings. The van der Waals surface area contributed by atoms with Crippen LogP contribution in [0.25, 0.3) is 27.7 Å². The van der Waals surface area contributed by atoms with E-state index in [1.807, 2.05) is 35.2 Å². The SMILES string of the molecule is C[C@]1(N2CCCC2=O)C[C@H](Nc2ncc3c(-c4ccn5nccc5c4)c[nH]c3n2)C1. The summed E-state index contributed by atoms with van der Waals surface area (Å²) >= 11 is 0. The van der Waals surface area contributed by atoms with Gasteiger partial charge >= 0.3 is 0 Å². The molecule has 4 aromatic rings. The van der Waals surface area contributed by atoms with Gasteiger partial charge in [0.15, 0.2) is 0 Å². The largest absolute Gasteiger partial charge is 0.351 e. The second-order valence-electron chi connectivity index (χ2n) is 8.67. The quantitative estimate of drug-likeness (QED) is 0.548. The van der Waals surface area contributed by atoms with Gasteiger partial charge in [-0.05, 0) is 49.9 Å². The van der Waals surface area contributed by atoms with Crippen LogP contribution in [0, 0.1) is 0 Å². The van der Waals surface area contributed by atoms with Crippen molar-refractivity contribution in [2.75, 3.05) is 11.9 Å². The molecule has 5 heterocycles. The Morgan fingerprint density at radius 1 is 1.30 bits per heavy atom. The molecule has 1 aliphatic carbocycles.